The summed E-state index contributed by atoms with van der Waals surface area (Å²) in [6, 6.07) is 5.48. The van der Waals surface area contributed by atoms with Crippen molar-refractivity contribution in [2.24, 2.45) is 0 Å². The second kappa shape index (κ2) is 5.05. The van der Waals surface area contributed by atoms with E-state index in [-0.39, 0.29) is 0 Å². The van der Waals surface area contributed by atoms with E-state index in [0.717, 1.165) is 22.6 Å². The highest BCUT2D eigenvalue weighted by atomic mass is 16.6. The van der Waals surface area contributed by atoms with E-state index < -0.39 is 11.7 Å². The minimum absolute atomic E-state index is 0.366. The van der Waals surface area contributed by atoms with Gasteiger partial charge in [-0.1, -0.05) is 11.2 Å². The third kappa shape index (κ3) is 2.64. The fraction of sp³-hybridized carbons (Fsp3) is 0.375. The molecule has 0 aliphatic carbocycles. The number of para-hydroxylation sites is 1. The highest BCUT2D eigenvalue weighted by Crippen LogP contribution is 2.42. The first-order valence-electron chi connectivity index (χ1n) is 7.06. The van der Waals surface area contributed by atoms with Gasteiger partial charge >= 0.3 is 6.09 Å². The average Bonchev–Trinajstić information content (AvgIpc) is 2.79. The number of carbonyl (C=O) groups excluding carboxylic acids is 1. The highest BCUT2D eigenvalue weighted by molar-refractivity contribution is 5.90. The summed E-state index contributed by atoms with van der Waals surface area (Å²) in [6.07, 6.45) is -0.522. The van der Waals surface area contributed by atoms with E-state index in [9.17, 15) is 4.79 Å². The van der Waals surface area contributed by atoms with Crippen molar-refractivity contribution in [3.8, 4) is 17.0 Å². The van der Waals surface area contributed by atoms with Crippen molar-refractivity contribution in [2.75, 3.05) is 5.32 Å². The highest BCUT2D eigenvalue weighted by Gasteiger charge is 2.26. The molecule has 0 radical (unpaired) electrons. The number of aromatic nitrogens is 1. The van der Waals surface area contributed by atoms with E-state index in [1.165, 1.54) is 0 Å². The zero-order valence-corrected chi connectivity index (χ0v) is 13.0. The second-order valence-corrected chi connectivity index (χ2v) is 6.16. The second-order valence-electron chi connectivity index (χ2n) is 6.16. The number of nitrogens with one attached hydrogen (secondary N) is 1. The fourth-order valence-electron chi connectivity index (χ4n) is 2.31. The third-order valence-electron chi connectivity index (χ3n) is 3.25. The van der Waals surface area contributed by atoms with E-state index in [0.29, 0.717) is 18.0 Å². The molecule has 0 bridgehead atoms. The number of aryl methyl sites for hydroxylation is 1. The van der Waals surface area contributed by atoms with Crippen LogP contribution >= 0.6 is 0 Å². The van der Waals surface area contributed by atoms with Crippen LogP contribution in [0.5, 0.6) is 5.75 Å². The van der Waals surface area contributed by atoms with Gasteiger partial charge in [0.2, 0.25) is 0 Å². The average molecular weight is 302 g/mol. The van der Waals surface area contributed by atoms with Crippen LogP contribution in [0.25, 0.3) is 11.3 Å². The summed E-state index contributed by atoms with van der Waals surface area (Å²) in [7, 11) is 0. The van der Waals surface area contributed by atoms with Gasteiger partial charge in [-0.05, 0) is 39.8 Å². The predicted molar refractivity (Wildman–Crippen MR) is 80.9 cm³/mol. The Morgan fingerprint density at radius 3 is 2.86 bits per heavy atom. The number of hydrogen-bond donors (Lipinski definition) is 1. The van der Waals surface area contributed by atoms with Crippen molar-refractivity contribution < 1.29 is 18.8 Å². The molecule has 6 nitrogen and oxygen atoms in total. The van der Waals surface area contributed by atoms with E-state index in [1.54, 1.807) is 6.07 Å². The van der Waals surface area contributed by atoms with Crippen LogP contribution in [0, 0.1) is 6.92 Å². The summed E-state index contributed by atoms with van der Waals surface area (Å²) in [4.78, 5) is 11.9. The summed E-state index contributed by atoms with van der Waals surface area (Å²) in [5.74, 6) is 1.32. The molecular formula is C16H18N2O4. The Morgan fingerprint density at radius 2 is 2.14 bits per heavy atom. The number of anilines is 1. The third-order valence-corrected chi connectivity index (χ3v) is 3.25. The van der Waals surface area contributed by atoms with Crippen molar-refractivity contribution in [2.45, 2.75) is 39.9 Å². The smallest absolute Gasteiger partial charge is 0.412 e. The van der Waals surface area contributed by atoms with Crippen molar-refractivity contribution in [1.29, 1.82) is 0 Å². The minimum Gasteiger partial charge on any atom is -0.486 e. The van der Waals surface area contributed by atoms with Crippen LogP contribution in [0.3, 0.4) is 0 Å². The molecule has 0 fully saturated rings. The quantitative estimate of drug-likeness (QED) is 0.865. The largest absolute Gasteiger partial charge is 0.486 e. The van der Waals surface area contributed by atoms with Crippen molar-refractivity contribution in [1.82, 2.24) is 5.16 Å². The molecule has 1 N–H and O–H groups in total. The molecule has 0 saturated carbocycles. The summed E-state index contributed by atoms with van der Waals surface area (Å²) in [5, 5.41) is 6.80. The normalized spacial score (nSPS) is 12.9. The first-order valence-corrected chi connectivity index (χ1v) is 7.06. The Labute approximate surface area is 128 Å². The summed E-state index contributed by atoms with van der Waals surface area (Å²) >= 11 is 0. The number of rotatable bonds is 1. The zero-order chi connectivity index (χ0) is 15.9. The van der Waals surface area contributed by atoms with Gasteiger partial charge in [0.15, 0.2) is 5.75 Å². The topological polar surface area (TPSA) is 73.6 Å². The van der Waals surface area contributed by atoms with Gasteiger partial charge in [0, 0.05) is 5.56 Å². The summed E-state index contributed by atoms with van der Waals surface area (Å²) < 4.78 is 16.3. The Hall–Kier alpha value is -2.50. The molecule has 2 aromatic rings. The molecule has 1 aromatic carbocycles. The Kier molecular flexibility index (Phi) is 3.31. The van der Waals surface area contributed by atoms with Gasteiger partial charge in [0.25, 0.3) is 0 Å². The molecule has 2 heterocycles. The number of hydrogen-bond acceptors (Lipinski definition) is 5. The lowest BCUT2D eigenvalue weighted by Crippen LogP contribution is -2.27. The van der Waals surface area contributed by atoms with Crippen LogP contribution in [0.1, 0.15) is 32.1 Å². The SMILES string of the molecule is Cc1onc2c1COc1c(NC(=O)OC(C)(C)C)cccc1-2. The van der Waals surface area contributed by atoms with Gasteiger partial charge in [0.05, 0.1) is 11.3 Å². The van der Waals surface area contributed by atoms with Crippen LogP contribution in [-0.2, 0) is 11.3 Å². The zero-order valence-electron chi connectivity index (χ0n) is 13.0. The Bertz CT molecular complexity index is 728. The van der Waals surface area contributed by atoms with E-state index in [4.69, 9.17) is 14.0 Å². The van der Waals surface area contributed by atoms with Gasteiger partial charge in [-0.15, -0.1) is 0 Å². The molecule has 22 heavy (non-hydrogen) atoms. The van der Waals surface area contributed by atoms with Crippen LogP contribution < -0.4 is 10.1 Å². The molecule has 1 amide bonds. The van der Waals surface area contributed by atoms with Gasteiger partial charge in [0.1, 0.15) is 23.7 Å². The molecule has 0 unspecified atom stereocenters. The maximum Gasteiger partial charge on any atom is 0.412 e. The monoisotopic (exact) mass is 302 g/mol. The molecule has 1 aliphatic rings. The van der Waals surface area contributed by atoms with Crippen LogP contribution in [0.2, 0.25) is 0 Å². The maximum atomic E-state index is 11.9. The number of carbonyl (C=O) groups is 1. The molecule has 1 aliphatic heterocycles. The number of nitrogens with zero attached hydrogens (tertiary/aromatic N) is 1. The number of amides is 1. The van der Waals surface area contributed by atoms with E-state index in [2.05, 4.69) is 10.5 Å². The van der Waals surface area contributed by atoms with Gasteiger partial charge < -0.3 is 14.0 Å². The molecule has 3 rings (SSSR count). The van der Waals surface area contributed by atoms with Crippen LogP contribution in [0.15, 0.2) is 22.7 Å². The maximum absolute atomic E-state index is 11.9. The van der Waals surface area contributed by atoms with Crippen LogP contribution in [0.4, 0.5) is 10.5 Å². The lowest BCUT2D eigenvalue weighted by atomic mass is 10.0. The van der Waals surface area contributed by atoms with Crippen LogP contribution in [-0.4, -0.2) is 16.9 Å². The molecule has 1 aromatic heterocycles. The number of fused-ring (bicyclic) bond motifs is 3. The molecule has 6 heteroatoms. The number of ether oxygens (including phenoxy) is 2. The van der Waals surface area contributed by atoms with Crippen molar-refractivity contribution in [3.05, 3.63) is 29.5 Å². The van der Waals surface area contributed by atoms with Gasteiger partial charge in [-0.25, -0.2) is 4.79 Å². The first kappa shape index (κ1) is 14.4. The molecule has 0 atom stereocenters. The molecular weight excluding hydrogens is 284 g/mol. The van der Waals surface area contributed by atoms with Gasteiger partial charge in [-0.2, -0.15) is 0 Å². The first-order chi connectivity index (χ1) is 10.3. The summed E-state index contributed by atoms with van der Waals surface area (Å²) in [5.41, 5.74) is 2.48. The van der Waals surface area contributed by atoms with Crippen molar-refractivity contribution >= 4 is 11.8 Å². The molecule has 116 valence electrons. The summed E-state index contributed by atoms with van der Waals surface area (Å²) in [6.45, 7) is 7.66. The van der Waals surface area contributed by atoms with Crippen molar-refractivity contribution in [3.63, 3.8) is 0 Å². The fourth-order valence-corrected chi connectivity index (χ4v) is 2.31. The minimum atomic E-state index is -0.559. The Balaban J connectivity index is 1.92. The lowest BCUT2D eigenvalue weighted by molar-refractivity contribution is 0.0635. The van der Waals surface area contributed by atoms with Gasteiger partial charge in [-0.3, -0.25) is 5.32 Å². The Morgan fingerprint density at radius 1 is 1.36 bits per heavy atom. The molecule has 0 spiro atoms. The molecule has 0 saturated heterocycles. The van der Waals surface area contributed by atoms with E-state index >= 15 is 0 Å². The number of benzene rings is 1. The predicted octanol–water partition coefficient (Wildman–Crippen LogP) is 3.89. The van der Waals surface area contributed by atoms with E-state index in [1.807, 2.05) is 39.8 Å². The lowest BCUT2D eigenvalue weighted by Gasteiger charge is -2.22. The standard InChI is InChI=1S/C16H18N2O4/c1-9-11-8-20-14-10(13(11)18-22-9)6-5-7-12(14)17-15(19)21-16(2,3)4/h5-7H,8H2,1-4H3,(H,17,19).